The van der Waals surface area contributed by atoms with Crippen LogP contribution >= 0.6 is 7.82 Å². The number of phosphoric ester groups is 1. The van der Waals surface area contributed by atoms with Crippen LogP contribution in [0.1, 0.15) is 109 Å². The standard InChI is InChI=1S/C30H45O7P.H3N/c1-6-8-10-12-23-19-26(31)28(25-18-22(5)13-14-24(25)21(3)4)27(20-23)36-29(32)30(15-16-30)37-38(33,34)35-17-11-9-7-2;/h18-20,24-25,31H,3,6-17H2,1-2,4-5H3,(H,33,34);1H3/t24-,25+;/m0./s1. The molecule has 0 heterocycles. The van der Waals surface area contributed by atoms with Gasteiger partial charge in [0.25, 0.3) is 0 Å². The molecule has 0 amide bonds. The van der Waals surface area contributed by atoms with Gasteiger partial charge < -0.3 is 20.9 Å². The number of hydrogen-bond donors (Lipinski definition) is 3. The number of ether oxygens (including phenoxy) is 1. The molecule has 1 saturated carbocycles. The Balaban J connectivity index is 0.00000533. The predicted molar refractivity (Wildman–Crippen MR) is 154 cm³/mol. The fraction of sp³-hybridized carbons (Fsp3) is 0.633. The minimum atomic E-state index is -4.43. The number of aryl methyl sites for hydroxylation is 1. The molecular weight excluding hydrogens is 517 g/mol. The lowest BCUT2D eigenvalue weighted by Crippen LogP contribution is -2.31. The Morgan fingerprint density at radius 3 is 2.44 bits per heavy atom. The van der Waals surface area contributed by atoms with E-state index >= 15 is 0 Å². The van der Waals surface area contributed by atoms with Gasteiger partial charge in [0.1, 0.15) is 11.5 Å². The first-order valence-corrected chi connectivity index (χ1v) is 15.6. The fourth-order valence-electron chi connectivity index (χ4n) is 5.13. The number of unbranched alkanes of at least 4 members (excludes halogenated alkanes) is 4. The van der Waals surface area contributed by atoms with Crippen LogP contribution in [0, 0.1) is 5.92 Å². The first-order valence-electron chi connectivity index (χ1n) is 14.1. The van der Waals surface area contributed by atoms with Crippen LogP contribution in [0.25, 0.3) is 0 Å². The third-order valence-electron chi connectivity index (χ3n) is 7.53. The highest BCUT2D eigenvalue weighted by Gasteiger charge is 2.58. The topological polar surface area (TPSA) is 137 Å². The van der Waals surface area contributed by atoms with Crippen molar-refractivity contribution in [2.45, 2.75) is 110 Å². The second-order valence-corrected chi connectivity index (χ2v) is 12.4. The summed E-state index contributed by atoms with van der Waals surface area (Å²) in [5.41, 5.74) is 2.12. The molecule has 0 bridgehead atoms. The molecule has 2 aliphatic rings. The van der Waals surface area contributed by atoms with Crippen LogP contribution in [0.4, 0.5) is 0 Å². The van der Waals surface area contributed by atoms with Crippen LogP contribution in [-0.2, 0) is 24.8 Å². The molecule has 0 spiro atoms. The molecule has 2 aliphatic carbocycles. The fourth-order valence-corrected chi connectivity index (χ4v) is 6.25. The summed E-state index contributed by atoms with van der Waals surface area (Å²) in [5.74, 6) is -0.486. The maximum Gasteiger partial charge on any atom is 0.473 e. The summed E-state index contributed by atoms with van der Waals surface area (Å²) in [4.78, 5) is 23.6. The van der Waals surface area contributed by atoms with Crippen molar-refractivity contribution in [3.63, 3.8) is 0 Å². The second-order valence-electron chi connectivity index (χ2n) is 11.0. The van der Waals surface area contributed by atoms with Crippen LogP contribution < -0.4 is 10.9 Å². The summed E-state index contributed by atoms with van der Waals surface area (Å²) in [6, 6.07) is 3.59. The van der Waals surface area contributed by atoms with Crippen LogP contribution in [0.3, 0.4) is 0 Å². The average molecular weight is 566 g/mol. The van der Waals surface area contributed by atoms with Gasteiger partial charge in [0.05, 0.1) is 6.61 Å². The van der Waals surface area contributed by atoms with Gasteiger partial charge in [0, 0.05) is 11.5 Å². The van der Waals surface area contributed by atoms with E-state index in [9.17, 15) is 19.4 Å². The molecule has 1 aromatic rings. The first kappa shape index (κ1) is 33.2. The number of phenolic OH excluding ortho intramolecular Hbond substituents is 1. The highest BCUT2D eigenvalue weighted by Crippen LogP contribution is 2.56. The molecule has 8 nitrogen and oxygen atoms in total. The molecule has 1 aromatic carbocycles. The van der Waals surface area contributed by atoms with Gasteiger partial charge >= 0.3 is 13.8 Å². The third-order valence-corrected chi connectivity index (χ3v) is 8.62. The van der Waals surface area contributed by atoms with Crippen LogP contribution in [0.2, 0.25) is 0 Å². The van der Waals surface area contributed by atoms with Crippen molar-refractivity contribution in [1.29, 1.82) is 0 Å². The lowest BCUT2D eigenvalue weighted by Gasteiger charge is -2.32. The van der Waals surface area contributed by atoms with Gasteiger partial charge in [-0.25, -0.2) is 9.36 Å². The summed E-state index contributed by atoms with van der Waals surface area (Å²) in [7, 11) is -4.43. The molecule has 0 aromatic heterocycles. The van der Waals surface area contributed by atoms with E-state index in [0.717, 1.165) is 62.5 Å². The number of allylic oxidation sites excluding steroid dienone is 3. The van der Waals surface area contributed by atoms with Crippen molar-refractivity contribution < 1.29 is 33.1 Å². The molecule has 9 heteroatoms. The molecule has 3 rings (SSSR count). The van der Waals surface area contributed by atoms with E-state index in [1.807, 2.05) is 19.9 Å². The summed E-state index contributed by atoms with van der Waals surface area (Å²) in [5, 5.41) is 11.2. The highest BCUT2D eigenvalue weighted by atomic mass is 31.2. The van der Waals surface area contributed by atoms with Crippen molar-refractivity contribution in [3.8, 4) is 11.5 Å². The van der Waals surface area contributed by atoms with Crippen LogP contribution in [0.5, 0.6) is 11.5 Å². The Morgan fingerprint density at radius 2 is 1.82 bits per heavy atom. The number of phenols is 1. The largest absolute Gasteiger partial charge is 0.507 e. The summed E-state index contributed by atoms with van der Waals surface area (Å²) in [6.07, 6.45) is 10.8. The highest BCUT2D eigenvalue weighted by molar-refractivity contribution is 7.47. The molecule has 1 fully saturated rings. The monoisotopic (exact) mass is 565 g/mol. The van der Waals surface area contributed by atoms with E-state index in [-0.39, 0.29) is 48.9 Å². The van der Waals surface area contributed by atoms with E-state index in [1.54, 1.807) is 6.07 Å². The molecule has 5 N–H and O–H groups in total. The zero-order chi connectivity index (χ0) is 27.9. The molecule has 39 heavy (non-hydrogen) atoms. The maximum absolute atomic E-state index is 13.4. The number of esters is 1. The van der Waals surface area contributed by atoms with E-state index in [2.05, 4.69) is 26.5 Å². The quantitative estimate of drug-likeness (QED) is 0.0638. The van der Waals surface area contributed by atoms with Crippen molar-refractivity contribution in [2.75, 3.05) is 6.61 Å². The van der Waals surface area contributed by atoms with Gasteiger partial charge in [-0.05, 0) is 82.4 Å². The molecule has 1 unspecified atom stereocenters. The number of phosphoric acid groups is 1. The molecular formula is C30H48NO7P. The third kappa shape index (κ3) is 9.02. The van der Waals surface area contributed by atoms with Gasteiger partial charge in [0.2, 0.25) is 0 Å². The van der Waals surface area contributed by atoms with Crippen molar-refractivity contribution >= 4 is 13.8 Å². The van der Waals surface area contributed by atoms with E-state index in [4.69, 9.17) is 13.8 Å². The lowest BCUT2D eigenvalue weighted by atomic mass is 9.73. The van der Waals surface area contributed by atoms with E-state index in [1.165, 1.54) is 5.57 Å². The Hall–Kier alpha value is -1.96. The van der Waals surface area contributed by atoms with Gasteiger partial charge in [-0.2, -0.15) is 0 Å². The number of rotatable bonds is 15. The van der Waals surface area contributed by atoms with Gasteiger partial charge in [-0.3, -0.25) is 9.05 Å². The van der Waals surface area contributed by atoms with Crippen LogP contribution in [-0.4, -0.2) is 28.2 Å². The summed E-state index contributed by atoms with van der Waals surface area (Å²) in [6.45, 7) is 12.5. The molecule has 220 valence electrons. The maximum atomic E-state index is 13.4. The SMILES string of the molecule is C=C(C)[C@@H]1CCC(C)=C[C@H]1c1c(O)cc(CCCCC)cc1OC(=O)C1(OP(=O)(O)OCCCCC)CC1.N. The Kier molecular flexibility index (Phi) is 12.5. The summed E-state index contributed by atoms with van der Waals surface area (Å²) < 4.78 is 29.0. The Morgan fingerprint density at radius 1 is 1.15 bits per heavy atom. The Labute approximate surface area is 234 Å². The van der Waals surface area contributed by atoms with Crippen molar-refractivity contribution in [1.82, 2.24) is 6.15 Å². The predicted octanol–water partition coefficient (Wildman–Crippen LogP) is 8.06. The number of carbonyl (C=O) groups is 1. The number of benzene rings is 1. The van der Waals surface area contributed by atoms with Gasteiger partial charge in [-0.1, -0.05) is 63.3 Å². The summed E-state index contributed by atoms with van der Waals surface area (Å²) >= 11 is 0. The first-order chi connectivity index (χ1) is 18.0. The van der Waals surface area contributed by atoms with E-state index < -0.39 is 19.4 Å². The zero-order valence-electron chi connectivity index (χ0n) is 24.2. The minimum Gasteiger partial charge on any atom is -0.507 e. The number of aromatic hydroxyl groups is 1. The second kappa shape index (κ2) is 14.6. The number of carbonyl (C=O) groups excluding carboxylic acids is 1. The van der Waals surface area contributed by atoms with E-state index in [0.29, 0.717) is 12.0 Å². The number of hydrogen-bond acceptors (Lipinski definition) is 7. The smallest absolute Gasteiger partial charge is 0.473 e. The minimum absolute atomic E-state index is 0. The zero-order valence-corrected chi connectivity index (χ0v) is 25.1. The lowest BCUT2D eigenvalue weighted by molar-refractivity contribution is -0.145. The molecule has 3 atom stereocenters. The Bertz CT molecular complexity index is 1080. The van der Waals surface area contributed by atoms with Crippen LogP contribution in [0.15, 0.2) is 35.9 Å². The van der Waals surface area contributed by atoms with Gasteiger partial charge in [0.15, 0.2) is 5.60 Å². The molecule has 0 radical (unpaired) electrons. The molecule has 0 saturated heterocycles. The average Bonchev–Trinajstić information content (AvgIpc) is 3.61. The van der Waals surface area contributed by atoms with Gasteiger partial charge in [-0.15, -0.1) is 0 Å². The van der Waals surface area contributed by atoms with Crippen molar-refractivity contribution in [3.05, 3.63) is 47.1 Å². The normalized spacial score (nSPS) is 21.3. The molecule has 0 aliphatic heterocycles. The van der Waals surface area contributed by atoms with Crippen molar-refractivity contribution in [2.24, 2.45) is 5.92 Å².